The maximum absolute atomic E-state index is 11.9. The Hall–Kier alpha value is -1.91. The largest absolute Gasteiger partial charge is 0.481 e. The lowest BCUT2D eigenvalue weighted by Gasteiger charge is -2.51. The van der Waals surface area contributed by atoms with Crippen LogP contribution in [0.25, 0.3) is 0 Å². The molecular weight excluding hydrogens is 364 g/mol. The SMILES string of the molecule is CC(C)(C)[C@@H]1CCCC[C@]1(CC(=O)O)O[SiH](c1ccccc1)c1ccccc1. The molecule has 150 valence electrons. The van der Waals surface area contributed by atoms with E-state index in [1.54, 1.807) is 0 Å². The Kier molecular flexibility index (Phi) is 6.41. The zero-order chi connectivity index (χ0) is 20.2. The first kappa shape index (κ1) is 20.8. The van der Waals surface area contributed by atoms with Gasteiger partial charge in [-0.15, -0.1) is 0 Å². The van der Waals surface area contributed by atoms with Gasteiger partial charge in [-0.2, -0.15) is 0 Å². The van der Waals surface area contributed by atoms with Crippen molar-refractivity contribution in [1.29, 1.82) is 0 Å². The predicted octanol–water partition coefficient (Wildman–Crippen LogP) is 3.99. The lowest BCUT2D eigenvalue weighted by Crippen LogP contribution is -2.58. The fourth-order valence-electron chi connectivity index (χ4n) is 4.90. The van der Waals surface area contributed by atoms with Crippen LogP contribution in [0.15, 0.2) is 60.7 Å². The van der Waals surface area contributed by atoms with E-state index in [0.29, 0.717) is 0 Å². The van der Waals surface area contributed by atoms with Crippen LogP contribution < -0.4 is 10.4 Å². The highest BCUT2D eigenvalue weighted by Gasteiger charge is 2.49. The average Bonchev–Trinajstić information content (AvgIpc) is 2.66. The number of carboxylic acid groups (broad SMARTS) is 1. The maximum Gasteiger partial charge on any atom is 0.306 e. The van der Waals surface area contributed by atoms with Crippen molar-refractivity contribution in [3.05, 3.63) is 60.7 Å². The van der Waals surface area contributed by atoms with Gasteiger partial charge in [0.15, 0.2) is 0 Å². The minimum absolute atomic E-state index is 0.00218. The van der Waals surface area contributed by atoms with Gasteiger partial charge in [-0.1, -0.05) is 94.3 Å². The summed E-state index contributed by atoms with van der Waals surface area (Å²) in [6, 6.07) is 20.8. The van der Waals surface area contributed by atoms with Crippen LogP contribution in [-0.2, 0) is 9.22 Å². The van der Waals surface area contributed by atoms with Crippen LogP contribution in [0.1, 0.15) is 52.9 Å². The molecule has 2 atom stereocenters. The van der Waals surface area contributed by atoms with Crippen LogP contribution in [0.5, 0.6) is 0 Å². The van der Waals surface area contributed by atoms with Crippen molar-refractivity contribution in [3.63, 3.8) is 0 Å². The molecule has 3 nitrogen and oxygen atoms in total. The fourth-order valence-corrected chi connectivity index (χ4v) is 7.54. The van der Waals surface area contributed by atoms with Crippen LogP contribution in [0.3, 0.4) is 0 Å². The highest BCUT2D eigenvalue weighted by Crippen LogP contribution is 2.48. The third-order valence-corrected chi connectivity index (χ3v) is 8.72. The van der Waals surface area contributed by atoms with E-state index in [0.717, 1.165) is 25.7 Å². The minimum atomic E-state index is -2.02. The summed E-state index contributed by atoms with van der Waals surface area (Å²) in [7, 11) is -2.02. The second-order valence-electron chi connectivity index (χ2n) is 9.12. The van der Waals surface area contributed by atoms with Crippen molar-refractivity contribution in [3.8, 4) is 0 Å². The first-order chi connectivity index (χ1) is 13.3. The smallest absolute Gasteiger partial charge is 0.306 e. The van der Waals surface area contributed by atoms with Crippen LogP contribution in [-0.4, -0.2) is 25.7 Å². The lowest BCUT2D eigenvalue weighted by molar-refractivity contribution is -0.148. The van der Waals surface area contributed by atoms with Crippen LogP contribution in [0.4, 0.5) is 0 Å². The van der Waals surface area contributed by atoms with E-state index in [4.69, 9.17) is 4.43 Å². The van der Waals surface area contributed by atoms with Gasteiger partial charge >= 0.3 is 5.97 Å². The van der Waals surface area contributed by atoms with E-state index in [-0.39, 0.29) is 17.8 Å². The van der Waals surface area contributed by atoms with E-state index in [2.05, 4.69) is 45.0 Å². The van der Waals surface area contributed by atoms with E-state index in [1.807, 2.05) is 36.4 Å². The molecule has 1 N–H and O–H groups in total. The summed E-state index contributed by atoms with van der Waals surface area (Å²) >= 11 is 0. The number of hydrogen-bond donors (Lipinski definition) is 1. The third kappa shape index (κ3) is 4.73. The van der Waals surface area contributed by atoms with Crippen molar-refractivity contribution in [2.75, 3.05) is 0 Å². The molecule has 1 fully saturated rings. The molecule has 0 bridgehead atoms. The molecule has 0 unspecified atom stereocenters. The van der Waals surface area contributed by atoms with Crippen molar-refractivity contribution < 1.29 is 14.3 Å². The van der Waals surface area contributed by atoms with Gasteiger partial charge in [0, 0.05) is 0 Å². The molecular formula is C24H32O3Si. The highest BCUT2D eigenvalue weighted by atomic mass is 28.3. The molecule has 0 aromatic heterocycles. The molecule has 2 aromatic rings. The first-order valence-corrected chi connectivity index (χ1v) is 11.9. The van der Waals surface area contributed by atoms with E-state index in [9.17, 15) is 9.90 Å². The number of aliphatic carboxylic acids is 1. The Balaban J connectivity index is 2.06. The molecule has 1 aliphatic carbocycles. The summed E-state index contributed by atoms with van der Waals surface area (Å²) in [5, 5.41) is 12.2. The summed E-state index contributed by atoms with van der Waals surface area (Å²) in [6.07, 6.45) is 4.12. The second kappa shape index (κ2) is 8.62. The average molecular weight is 397 g/mol. The zero-order valence-electron chi connectivity index (χ0n) is 17.2. The van der Waals surface area contributed by atoms with Crippen LogP contribution in [0.2, 0.25) is 0 Å². The number of rotatable bonds is 6. The first-order valence-electron chi connectivity index (χ1n) is 10.3. The second-order valence-corrected chi connectivity index (χ2v) is 11.4. The fraction of sp³-hybridized carbons (Fsp3) is 0.458. The molecule has 0 aliphatic heterocycles. The van der Waals surface area contributed by atoms with Crippen LogP contribution in [0, 0.1) is 11.3 Å². The molecule has 0 radical (unpaired) electrons. The summed E-state index contributed by atoms with van der Waals surface area (Å²) in [5.41, 5.74) is -0.604. The van der Waals surface area contributed by atoms with Crippen molar-refractivity contribution in [1.82, 2.24) is 0 Å². The molecule has 1 saturated carbocycles. The van der Waals surface area contributed by atoms with Gasteiger partial charge in [0.1, 0.15) is 0 Å². The quantitative estimate of drug-likeness (QED) is 0.751. The molecule has 0 amide bonds. The summed E-state index contributed by atoms with van der Waals surface area (Å²) < 4.78 is 7.06. The van der Waals surface area contributed by atoms with Gasteiger partial charge in [0.2, 0.25) is 9.04 Å². The third-order valence-electron chi connectivity index (χ3n) is 6.03. The number of carbonyl (C=O) groups is 1. The Labute approximate surface area is 170 Å². The monoisotopic (exact) mass is 396 g/mol. The van der Waals surface area contributed by atoms with E-state index < -0.39 is 20.6 Å². The molecule has 3 rings (SSSR count). The van der Waals surface area contributed by atoms with E-state index in [1.165, 1.54) is 10.4 Å². The summed E-state index contributed by atoms with van der Waals surface area (Å²) in [4.78, 5) is 11.9. The molecule has 0 heterocycles. The minimum Gasteiger partial charge on any atom is -0.481 e. The Bertz CT molecular complexity index is 730. The van der Waals surface area contributed by atoms with Crippen molar-refractivity contribution in [2.24, 2.45) is 11.3 Å². The molecule has 0 saturated heterocycles. The summed E-state index contributed by atoms with van der Waals surface area (Å²) in [6.45, 7) is 6.68. The molecule has 2 aromatic carbocycles. The van der Waals surface area contributed by atoms with Gasteiger partial charge in [-0.05, 0) is 34.5 Å². The Morgan fingerprint density at radius 2 is 1.57 bits per heavy atom. The molecule has 1 aliphatic rings. The molecule has 28 heavy (non-hydrogen) atoms. The van der Waals surface area contributed by atoms with E-state index >= 15 is 0 Å². The van der Waals surface area contributed by atoms with Crippen molar-refractivity contribution in [2.45, 2.75) is 58.5 Å². The summed E-state index contributed by atoms with van der Waals surface area (Å²) in [5.74, 6) is -0.530. The zero-order valence-corrected chi connectivity index (χ0v) is 18.4. The highest BCUT2D eigenvalue weighted by molar-refractivity contribution is 6.80. The maximum atomic E-state index is 11.9. The van der Waals surface area contributed by atoms with Gasteiger partial charge < -0.3 is 9.53 Å². The van der Waals surface area contributed by atoms with Gasteiger partial charge in [0.25, 0.3) is 0 Å². The van der Waals surface area contributed by atoms with Crippen molar-refractivity contribution >= 4 is 25.4 Å². The Morgan fingerprint density at radius 3 is 2.04 bits per heavy atom. The predicted molar refractivity (Wildman–Crippen MR) is 117 cm³/mol. The molecule has 4 heteroatoms. The molecule has 0 spiro atoms. The number of benzene rings is 2. The number of hydrogen-bond acceptors (Lipinski definition) is 2. The standard InChI is InChI=1S/C24H32O3Si/c1-23(2,3)21-16-10-11-17-24(21,18-22(25)26)27-28(19-12-6-4-7-13-19)20-14-8-5-9-15-20/h4-9,12-15,21,28H,10-11,16-18H2,1-3H3,(H,25,26)/t21-,24+/m0/s1. The topological polar surface area (TPSA) is 46.5 Å². The van der Waals surface area contributed by atoms with Gasteiger partial charge in [-0.3, -0.25) is 4.79 Å². The van der Waals surface area contributed by atoms with Crippen LogP contribution >= 0.6 is 0 Å². The Morgan fingerprint density at radius 1 is 1.04 bits per heavy atom. The van der Waals surface area contributed by atoms with Gasteiger partial charge in [0.05, 0.1) is 12.0 Å². The normalized spacial score (nSPS) is 22.9. The lowest BCUT2D eigenvalue weighted by atomic mass is 9.63. The number of carboxylic acids is 1. The van der Waals surface area contributed by atoms with Gasteiger partial charge in [-0.25, -0.2) is 0 Å².